The summed E-state index contributed by atoms with van der Waals surface area (Å²) in [6, 6.07) is 7.08. The highest BCUT2D eigenvalue weighted by Crippen LogP contribution is 2.04. The van der Waals surface area contributed by atoms with E-state index in [1.54, 1.807) is 24.4 Å². The second-order valence-electron chi connectivity index (χ2n) is 2.80. The van der Waals surface area contributed by atoms with Gasteiger partial charge in [-0.25, -0.2) is 0 Å². The topological polar surface area (TPSA) is 46.0 Å². The van der Waals surface area contributed by atoms with Gasteiger partial charge in [0.15, 0.2) is 5.76 Å². The second-order valence-corrected chi connectivity index (χ2v) is 2.80. The first-order valence-corrected chi connectivity index (χ1v) is 4.25. The van der Waals surface area contributed by atoms with Crippen molar-refractivity contribution in [3.63, 3.8) is 0 Å². The van der Waals surface area contributed by atoms with Crippen molar-refractivity contribution in [2.45, 2.75) is 0 Å². The van der Waals surface area contributed by atoms with E-state index >= 15 is 0 Å². The molecule has 0 atom stereocenters. The zero-order valence-corrected chi connectivity index (χ0v) is 7.44. The van der Waals surface area contributed by atoms with E-state index in [0.29, 0.717) is 5.76 Å². The highest BCUT2D eigenvalue weighted by Gasteiger charge is 2.02. The number of aromatic nitrogens is 1. The SMILES string of the molecule is O=C(C=Cc1ccc[nH]1)c1ccco1. The fourth-order valence-electron chi connectivity index (χ4n) is 1.11. The summed E-state index contributed by atoms with van der Waals surface area (Å²) in [6.45, 7) is 0. The fraction of sp³-hybridized carbons (Fsp3) is 0. The van der Waals surface area contributed by atoms with E-state index in [9.17, 15) is 4.79 Å². The van der Waals surface area contributed by atoms with Gasteiger partial charge in [0.1, 0.15) is 0 Å². The van der Waals surface area contributed by atoms with Gasteiger partial charge >= 0.3 is 0 Å². The van der Waals surface area contributed by atoms with Crippen molar-refractivity contribution in [3.05, 3.63) is 54.3 Å². The van der Waals surface area contributed by atoms with Crippen LogP contribution in [-0.4, -0.2) is 10.8 Å². The average Bonchev–Trinajstić information content (AvgIpc) is 2.87. The zero-order valence-electron chi connectivity index (χ0n) is 7.44. The van der Waals surface area contributed by atoms with Gasteiger partial charge in [-0.2, -0.15) is 0 Å². The molecule has 0 aliphatic heterocycles. The van der Waals surface area contributed by atoms with E-state index in [-0.39, 0.29) is 5.78 Å². The quantitative estimate of drug-likeness (QED) is 0.592. The molecule has 0 bridgehead atoms. The van der Waals surface area contributed by atoms with E-state index < -0.39 is 0 Å². The predicted molar refractivity (Wildman–Crippen MR) is 52.9 cm³/mol. The highest BCUT2D eigenvalue weighted by molar-refractivity contribution is 6.04. The van der Waals surface area contributed by atoms with Crippen molar-refractivity contribution in [1.29, 1.82) is 0 Å². The highest BCUT2D eigenvalue weighted by atomic mass is 16.3. The molecule has 2 heterocycles. The summed E-state index contributed by atoms with van der Waals surface area (Å²) in [7, 11) is 0. The van der Waals surface area contributed by atoms with Gasteiger partial charge in [-0.15, -0.1) is 0 Å². The van der Waals surface area contributed by atoms with Crippen LogP contribution in [0.5, 0.6) is 0 Å². The molecule has 70 valence electrons. The number of ketones is 1. The lowest BCUT2D eigenvalue weighted by Gasteiger charge is -1.87. The van der Waals surface area contributed by atoms with Crippen LogP contribution in [0, 0.1) is 0 Å². The van der Waals surface area contributed by atoms with Crippen LogP contribution in [0.15, 0.2) is 47.2 Å². The molecule has 1 N–H and O–H groups in total. The Hall–Kier alpha value is -2.03. The van der Waals surface area contributed by atoms with Gasteiger partial charge in [0.05, 0.1) is 6.26 Å². The van der Waals surface area contributed by atoms with Gasteiger partial charge in [-0.05, 0) is 36.4 Å². The number of furan rings is 1. The maximum absolute atomic E-state index is 11.4. The van der Waals surface area contributed by atoms with Gasteiger partial charge in [0.25, 0.3) is 0 Å². The summed E-state index contributed by atoms with van der Waals surface area (Å²) in [5.41, 5.74) is 0.893. The third kappa shape index (κ3) is 1.82. The van der Waals surface area contributed by atoms with E-state index in [0.717, 1.165) is 5.69 Å². The Labute approximate surface area is 81.1 Å². The fourth-order valence-corrected chi connectivity index (χ4v) is 1.11. The van der Waals surface area contributed by atoms with Crippen LogP contribution in [-0.2, 0) is 0 Å². The van der Waals surface area contributed by atoms with Crippen molar-refractivity contribution < 1.29 is 9.21 Å². The summed E-state index contributed by atoms with van der Waals surface area (Å²) < 4.78 is 4.95. The largest absolute Gasteiger partial charge is 0.461 e. The Morgan fingerprint density at radius 2 is 2.29 bits per heavy atom. The van der Waals surface area contributed by atoms with Crippen molar-refractivity contribution in [1.82, 2.24) is 4.98 Å². The van der Waals surface area contributed by atoms with Crippen LogP contribution >= 0.6 is 0 Å². The molecule has 0 fully saturated rings. The monoisotopic (exact) mass is 187 g/mol. The Morgan fingerprint density at radius 1 is 1.36 bits per heavy atom. The number of nitrogens with one attached hydrogen (secondary N) is 1. The molecule has 2 aromatic rings. The van der Waals surface area contributed by atoms with Crippen molar-refractivity contribution in [2.24, 2.45) is 0 Å². The third-order valence-electron chi connectivity index (χ3n) is 1.80. The van der Waals surface area contributed by atoms with Crippen LogP contribution in [0.25, 0.3) is 6.08 Å². The Morgan fingerprint density at radius 3 is 2.93 bits per heavy atom. The first kappa shape index (κ1) is 8.56. The van der Waals surface area contributed by atoms with Crippen LogP contribution in [0.2, 0.25) is 0 Å². The number of aromatic amines is 1. The molecule has 0 aliphatic carbocycles. The van der Waals surface area contributed by atoms with Gasteiger partial charge in [0, 0.05) is 11.9 Å². The third-order valence-corrected chi connectivity index (χ3v) is 1.80. The standard InChI is InChI=1S/C11H9NO2/c13-10(11-4-2-8-14-11)6-5-9-3-1-7-12-9/h1-8,12H. The molecule has 0 aliphatic rings. The summed E-state index contributed by atoms with van der Waals surface area (Å²) in [4.78, 5) is 14.4. The van der Waals surface area contributed by atoms with E-state index in [2.05, 4.69) is 4.98 Å². The number of carbonyl (C=O) groups excluding carboxylic acids is 1. The van der Waals surface area contributed by atoms with Crippen LogP contribution in [0.3, 0.4) is 0 Å². The van der Waals surface area contributed by atoms with E-state index in [4.69, 9.17) is 4.42 Å². The Bertz CT molecular complexity index is 424. The summed E-state index contributed by atoms with van der Waals surface area (Å²) in [5.74, 6) is 0.220. The lowest BCUT2D eigenvalue weighted by molar-refractivity contribution is 0.102. The molecular formula is C11H9NO2. The molecule has 14 heavy (non-hydrogen) atoms. The van der Waals surface area contributed by atoms with Gasteiger partial charge in [-0.1, -0.05) is 0 Å². The van der Waals surface area contributed by atoms with Gasteiger partial charge in [0.2, 0.25) is 5.78 Å². The maximum Gasteiger partial charge on any atom is 0.221 e. The van der Waals surface area contributed by atoms with Crippen molar-refractivity contribution in [3.8, 4) is 0 Å². The van der Waals surface area contributed by atoms with Crippen LogP contribution in [0.1, 0.15) is 16.2 Å². The summed E-state index contributed by atoms with van der Waals surface area (Å²) >= 11 is 0. The van der Waals surface area contributed by atoms with Crippen LogP contribution in [0.4, 0.5) is 0 Å². The van der Waals surface area contributed by atoms with Gasteiger partial charge < -0.3 is 9.40 Å². The smallest absolute Gasteiger partial charge is 0.221 e. The second kappa shape index (κ2) is 3.79. The molecule has 0 amide bonds. The lowest BCUT2D eigenvalue weighted by atomic mass is 10.2. The number of carbonyl (C=O) groups is 1. The minimum atomic E-state index is -0.135. The normalized spacial score (nSPS) is 10.9. The maximum atomic E-state index is 11.4. The minimum Gasteiger partial charge on any atom is -0.461 e. The van der Waals surface area contributed by atoms with Crippen LogP contribution < -0.4 is 0 Å². The Kier molecular flexibility index (Phi) is 2.32. The molecule has 0 aromatic carbocycles. The molecular weight excluding hydrogens is 178 g/mol. The van der Waals surface area contributed by atoms with Crippen molar-refractivity contribution in [2.75, 3.05) is 0 Å². The first-order valence-electron chi connectivity index (χ1n) is 4.25. The lowest BCUT2D eigenvalue weighted by Crippen LogP contribution is -1.90. The average molecular weight is 187 g/mol. The van der Waals surface area contributed by atoms with E-state index in [1.165, 1.54) is 12.3 Å². The molecule has 0 saturated heterocycles. The molecule has 2 aromatic heterocycles. The molecule has 0 unspecified atom stereocenters. The number of allylic oxidation sites excluding steroid dienone is 1. The molecule has 0 radical (unpaired) electrons. The van der Waals surface area contributed by atoms with Gasteiger partial charge in [-0.3, -0.25) is 4.79 Å². The summed E-state index contributed by atoms with van der Waals surface area (Å²) in [6.07, 6.45) is 6.47. The van der Waals surface area contributed by atoms with E-state index in [1.807, 2.05) is 12.1 Å². The number of H-pyrrole nitrogens is 1. The number of hydrogen-bond donors (Lipinski definition) is 1. The summed E-state index contributed by atoms with van der Waals surface area (Å²) in [5, 5.41) is 0. The zero-order chi connectivity index (χ0) is 9.80. The first-order chi connectivity index (χ1) is 6.86. The molecule has 3 heteroatoms. The number of hydrogen-bond acceptors (Lipinski definition) is 2. The molecule has 0 saturated carbocycles. The Balaban J connectivity index is 2.09. The predicted octanol–water partition coefficient (Wildman–Crippen LogP) is 2.50. The molecule has 3 nitrogen and oxygen atoms in total. The van der Waals surface area contributed by atoms with Crippen molar-refractivity contribution >= 4 is 11.9 Å². The molecule has 0 spiro atoms. The molecule has 2 rings (SSSR count). The number of rotatable bonds is 3. The minimum absolute atomic E-state index is 0.135.